The van der Waals surface area contributed by atoms with Gasteiger partial charge in [-0.1, -0.05) is 37.7 Å². The van der Waals surface area contributed by atoms with Crippen molar-refractivity contribution in [1.82, 2.24) is 14.5 Å². The summed E-state index contributed by atoms with van der Waals surface area (Å²) >= 11 is 1.35. The van der Waals surface area contributed by atoms with Crippen LogP contribution in [0.25, 0.3) is 10.9 Å². The van der Waals surface area contributed by atoms with Crippen molar-refractivity contribution in [3.05, 3.63) is 34.6 Å². The topological polar surface area (TPSA) is 55.2 Å². The molecule has 0 unspecified atom stereocenters. The van der Waals surface area contributed by atoms with Crippen LogP contribution < -0.4 is 5.56 Å². The molecule has 1 aliphatic rings. The van der Waals surface area contributed by atoms with Gasteiger partial charge in [0.15, 0.2) is 5.16 Å². The number of carbonyl (C=O) groups is 1. The van der Waals surface area contributed by atoms with E-state index in [1.54, 1.807) is 13.1 Å². The van der Waals surface area contributed by atoms with Gasteiger partial charge in [0.05, 0.1) is 16.7 Å². The van der Waals surface area contributed by atoms with Crippen molar-refractivity contribution in [2.24, 2.45) is 13.0 Å². The molecule has 24 heavy (non-hydrogen) atoms. The zero-order chi connectivity index (χ0) is 17.3. The van der Waals surface area contributed by atoms with E-state index in [4.69, 9.17) is 0 Å². The van der Waals surface area contributed by atoms with E-state index in [-0.39, 0.29) is 11.5 Å². The Bertz CT molecular complexity index is 812. The van der Waals surface area contributed by atoms with Crippen molar-refractivity contribution in [2.75, 3.05) is 12.3 Å². The molecule has 0 saturated heterocycles. The van der Waals surface area contributed by atoms with Gasteiger partial charge in [-0.2, -0.15) is 0 Å². The smallest absolute Gasteiger partial charge is 0.261 e. The summed E-state index contributed by atoms with van der Waals surface area (Å²) in [5.74, 6) is 0.920. The maximum absolute atomic E-state index is 12.6. The third-order valence-electron chi connectivity index (χ3n) is 4.14. The molecule has 1 aliphatic carbocycles. The Balaban J connectivity index is 1.76. The van der Waals surface area contributed by atoms with E-state index < -0.39 is 0 Å². The van der Waals surface area contributed by atoms with E-state index in [1.165, 1.54) is 16.3 Å². The zero-order valence-corrected chi connectivity index (χ0v) is 15.2. The van der Waals surface area contributed by atoms with Crippen LogP contribution in [0.4, 0.5) is 0 Å². The minimum absolute atomic E-state index is 0.0724. The van der Waals surface area contributed by atoms with Crippen LogP contribution in [-0.2, 0) is 11.8 Å². The highest BCUT2D eigenvalue weighted by Gasteiger charge is 2.32. The molecule has 1 aromatic heterocycles. The number of carbonyl (C=O) groups excluding carboxylic acids is 1. The monoisotopic (exact) mass is 345 g/mol. The Kier molecular flexibility index (Phi) is 4.94. The molecule has 0 atom stereocenters. The normalized spacial score (nSPS) is 14.3. The average Bonchev–Trinajstić information content (AvgIpc) is 3.39. The first-order valence-electron chi connectivity index (χ1n) is 8.35. The molecule has 0 aliphatic heterocycles. The third-order valence-corrected chi connectivity index (χ3v) is 5.15. The molecular formula is C18H23N3O2S. The predicted octanol–water partition coefficient (Wildman–Crippen LogP) is 2.67. The molecule has 0 bridgehead atoms. The predicted molar refractivity (Wildman–Crippen MR) is 97.3 cm³/mol. The first kappa shape index (κ1) is 17.0. The van der Waals surface area contributed by atoms with Crippen LogP contribution in [0.1, 0.15) is 26.7 Å². The van der Waals surface area contributed by atoms with Gasteiger partial charge in [-0.3, -0.25) is 14.2 Å². The van der Waals surface area contributed by atoms with Crippen molar-refractivity contribution in [3.8, 4) is 0 Å². The molecule has 0 radical (unpaired) electrons. The van der Waals surface area contributed by atoms with Gasteiger partial charge in [0, 0.05) is 19.6 Å². The first-order chi connectivity index (χ1) is 11.5. The largest absolute Gasteiger partial charge is 0.339 e. The summed E-state index contributed by atoms with van der Waals surface area (Å²) in [4.78, 5) is 31.5. The second-order valence-corrected chi connectivity index (χ2v) is 7.68. The molecule has 2 aromatic rings. The minimum Gasteiger partial charge on any atom is -0.339 e. The Hall–Kier alpha value is -1.82. The molecule has 1 saturated carbocycles. The Morgan fingerprint density at radius 2 is 2.08 bits per heavy atom. The molecule has 1 amide bonds. The van der Waals surface area contributed by atoms with Crippen molar-refractivity contribution < 1.29 is 4.79 Å². The second kappa shape index (κ2) is 6.97. The van der Waals surface area contributed by atoms with E-state index in [1.807, 2.05) is 23.1 Å². The fourth-order valence-corrected chi connectivity index (χ4v) is 3.63. The number of benzene rings is 1. The van der Waals surface area contributed by atoms with Crippen LogP contribution in [0.2, 0.25) is 0 Å². The summed E-state index contributed by atoms with van der Waals surface area (Å²) in [5.41, 5.74) is 0.605. The molecule has 1 heterocycles. The molecule has 128 valence electrons. The zero-order valence-electron chi connectivity index (χ0n) is 14.4. The summed E-state index contributed by atoms with van der Waals surface area (Å²) in [6.45, 7) is 5.06. The van der Waals surface area contributed by atoms with Crippen molar-refractivity contribution in [2.45, 2.75) is 37.9 Å². The molecule has 1 aromatic carbocycles. The van der Waals surface area contributed by atoms with Crippen LogP contribution in [0.5, 0.6) is 0 Å². The number of fused-ring (bicyclic) bond motifs is 1. The quantitative estimate of drug-likeness (QED) is 0.597. The maximum atomic E-state index is 12.6. The lowest BCUT2D eigenvalue weighted by Gasteiger charge is -2.24. The van der Waals surface area contributed by atoms with Crippen LogP contribution >= 0.6 is 11.8 Å². The van der Waals surface area contributed by atoms with E-state index in [2.05, 4.69) is 18.8 Å². The molecule has 5 nitrogen and oxygen atoms in total. The molecule has 0 N–H and O–H groups in total. The van der Waals surface area contributed by atoms with Gasteiger partial charge in [-0.05, 0) is 30.9 Å². The van der Waals surface area contributed by atoms with E-state index in [9.17, 15) is 9.59 Å². The number of nitrogens with zero attached hydrogens (tertiary/aromatic N) is 3. The van der Waals surface area contributed by atoms with Gasteiger partial charge < -0.3 is 4.90 Å². The SMILES string of the molecule is CC(C)CN(C(=O)CSc1nc2ccccc2c(=O)n1C)C1CC1. The first-order valence-corrected chi connectivity index (χ1v) is 9.34. The lowest BCUT2D eigenvalue weighted by molar-refractivity contribution is -0.129. The highest BCUT2D eigenvalue weighted by Crippen LogP contribution is 2.29. The molecule has 6 heteroatoms. The van der Waals surface area contributed by atoms with Crippen LogP contribution in [0.15, 0.2) is 34.2 Å². The fraction of sp³-hybridized carbons (Fsp3) is 0.500. The van der Waals surface area contributed by atoms with Crippen LogP contribution in [0.3, 0.4) is 0 Å². The van der Waals surface area contributed by atoms with Crippen LogP contribution in [0, 0.1) is 5.92 Å². The number of amides is 1. The third kappa shape index (κ3) is 3.64. The van der Waals surface area contributed by atoms with Crippen molar-refractivity contribution in [1.29, 1.82) is 0 Å². The molecule has 0 spiro atoms. The maximum Gasteiger partial charge on any atom is 0.261 e. The fourth-order valence-electron chi connectivity index (χ4n) is 2.77. The highest BCUT2D eigenvalue weighted by atomic mass is 32.2. The van der Waals surface area contributed by atoms with Gasteiger partial charge in [-0.25, -0.2) is 4.98 Å². The number of rotatable bonds is 6. The molecule has 3 rings (SSSR count). The number of hydrogen-bond acceptors (Lipinski definition) is 4. The lowest BCUT2D eigenvalue weighted by atomic mass is 10.2. The Labute approximate surface area is 146 Å². The van der Waals surface area contributed by atoms with Gasteiger partial charge >= 0.3 is 0 Å². The van der Waals surface area contributed by atoms with Gasteiger partial charge in [-0.15, -0.1) is 0 Å². The summed E-state index contributed by atoms with van der Waals surface area (Å²) in [5, 5.41) is 1.20. The van der Waals surface area contributed by atoms with Crippen molar-refractivity contribution >= 4 is 28.6 Å². The van der Waals surface area contributed by atoms with E-state index in [0.29, 0.717) is 33.8 Å². The van der Waals surface area contributed by atoms with Gasteiger partial charge in [0.25, 0.3) is 5.56 Å². The second-order valence-electron chi connectivity index (χ2n) is 6.74. The summed E-state index contributed by atoms with van der Waals surface area (Å²) in [6, 6.07) is 7.72. The summed E-state index contributed by atoms with van der Waals surface area (Å²) in [7, 11) is 1.71. The van der Waals surface area contributed by atoms with Gasteiger partial charge in [0.2, 0.25) is 5.91 Å². The molecule has 1 fully saturated rings. The van der Waals surface area contributed by atoms with E-state index >= 15 is 0 Å². The average molecular weight is 345 g/mol. The summed E-state index contributed by atoms with van der Waals surface area (Å²) in [6.07, 6.45) is 2.21. The standard InChI is InChI=1S/C18H23N3O2S/c1-12(2)10-21(13-8-9-13)16(22)11-24-18-19-15-7-5-4-6-14(15)17(23)20(18)3/h4-7,12-13H,8-11H2,1-3H3. The van der Waals surface area contributed by atoms with Gasteiger partial charge in [0.1, 0.15) is 0 Å². The highest BCUT2D eigenvalue weighted by molar-refractivity contribution is 7.99. The van der Waals surface area contributed by atoms with Crippen LogP contribution in [-0.4, -0.2) is 38.7 Å². The Morgan fingerprint density at radius 3 is 2.75 bits per heavy atom. The lowest BCUT2D eigenvalue weighted by Crippen LogP contribution is -2.37. The Morgan fingerprint density at radius 1 is 1.38 bits per heavy atom. The van der Waals surface area contributed by atoms with Crippen molar-refractivity contribution in [3.63, 3.8) is 0 Å². The number of thioether (sulfide) groups is 1. The molecular weight excluding hydrogens is 322 g/mol. The summed E-state index contributed by atoms with van der Waals surface area (Å²) < 4.78 is 1.53. The minimum atomic E-state index is -0.0724. The number of para-hydroxylation sites is 1. The number of aromatic nitrogens is 2. The van der Waals surface area contributed by atoms with E-state index in [0.717, 1.165) is 19.4 Å². The number of hydrogen-bond donors (Lipinski definition) is 0.